The van der Waals surface area contributed by atoms with Gasteiger partial charge in [-0.2, -0.15) is 47.5 Å². The van der Waals surface area contributed by atoms with E-state index in [9.17, 15) is 0 Å². The Hall–Kier alpha value is -0.747. The minimum atomic E-state index is -0.416. The summed E-state index contributed by atoms with van der Waals surface area (Å²) in [5.41, 5.74) is 6.85. The molecule has 0 N–H and O–H groups in total. The van der Waals surface area contributed by atoms with Gasteiger partial charge in [-0.25, -0.2) is 12.1 Å². The monoisotopic (exact) mass is 582 g/mol. The molecule has 0 radical (unpaired) electrons. The van der Waals surface area contributed by atoms with Crippen molar-refractivity contribution in [1.82, 2.24) is 0 Å². The van der Waals surface area contributed by atoms with Gasteiger partial charge >= 0.3 is 26.2 Å². The molecular formula is C32H38Cl2Zr. The number of fused-ring (bicyclic) bond motifs is 3. The van der Waals surface area contributed by atoms with E-state index in [1.54, 1.807) is 0 Å². The zero-order valence-corrected chi connectivity index (χ0v) is 25.0. The fourth-order valence-corrected chi connectivity index (χ4v) is 6.65. The van der Waals surface area contributed by atoms with E-state index in [1.165, 1.54) is 92.0 Å². The Kier molecular flexibility index (Phi) is 11.7. The van der Waals surface area contributed by atoms with E-state index in [0.29, 0.717) is 11.8 Å². The van der Waals surface area contributed by atoms with E-state index in [0.717, 1.165) is 6.42 Å². The number of halogens is 2. The number of aryl methyl sites for hydroxylation is 1. The predicted octanol–water partition coefficient (Wildman–Crippen LogP) is 10.1. The molecule has 35 heavy (non-hydrogen) atoms. The topological polar surface area (TPSA) is 0 Å². The van der Waals surface area contributed by atoms with Crippen molar-refractivity contribution in [2.45, 2.75) is 81.9 Å². The van der Waals surface area contributed by atoms with E-state index >= 15 is 0 Å². The third kappa shape index (κ3) is 7.87. The van der Waals surface area contributed by atoms with Crippen LogP contribution in [0.4, 0.5) is 0 Å². The van der Waals surface area contributed by atoms with Gasteiger partial charge in [0.05, 0.1) is 0 Å². The van der Waals surface area contributed by atoms with Crippen molar-refractivity contribution in [3.8, 4) is 11.1 Å². The third-order valence-corrected chi connectivity index (χ3v) is 8.98. The molecule has 6 rings (SSSR count). The molecule has 0 nitrogen and oxygen atoms in total. The van der Waals surface area contributed by atoms with Crippen LogP contribution in [0.15, 0.2) is 66.7 Å². The fraction of sp³-hybridized carbons (Fsp3) is 0.469. The maximum atomic E-state index is 6.66. The van der Waals surface area contributed by atoms with E-state index in [2.05, 4.69) is 61.5 Å². The second-order valence-electron chi connectivity index (χ2n) is 10.2. The fourth-order valence-electron chi connectivity index (χ4n) is 5.78. The summed E-state index contributed by atoms with van der Waals surface area (Å²) in [6.45, 7) is 2.08. The Morgan fingerprint density at radius 1 is 0.771 bits per heavy atom. The first-order valence-electron chi connectivity index (χ1n) is 13.2. The molecule has 0 bridgehead atoms. The number of alkyl halides is 2. The second kappa shape index (κ2) is 14.3. The number of benzene rings is 2. The minimum absolute atomic E-state index is 0. The number of hydrogen-bond donors (Lipinski definition) is 0. The maximum absolute atomic E-state index is 6.66. The molecule has 0 saturated heterocycles. The molecule has 2 fully saturated rings. The molecule has 0 aromatic heterocycles. The molecule has 3 aromatic carbocycles. The summed E-state index contributed by atoms with van der Waals surface area (Å²) in [5, 5.41) is 0. The van der Waals surface area contributed by atoms with Crippen molar-refractivity contribution in [3.63, 3.8) is 0 Å². The normalized spacial score (nSPS) is 17.6. The van der Waals surface area contributed by atoms with Crippen LogP contribution < -0.4 is 0 Å². The van der Waals surface area contributed by atoms with Crippen LogP contribution in [-0.2, 0) is 32.6 Å². The zero-order valence-electron chi connectivity index (χ0n) is 21.0. The molecule has 0 amide bonds. The Labute approximate surface area is 242 Å². The summed E-state index contributed by atoms with van der Waals surface area (Å²) in [6.07, 6.45) is 14.1. The van der Waals surface area contributed by atoms with Crippen LogP contribution in [0, 0.1) is 24.8 Å². The molecule has 184 valence electrons. The van der Waals surface area contributed by atoms with Crippen molar-refractivity contribution in [2.75, 3.05) is 0 Å². The Morgan fingerprint density at radius 2 is 1.37 bits per heavy atom. The standard InChI is InChI=1S/C13H22Cl2.C13H9.C6H7.Zr/c14-13(15,11-7-3-1-4-8-11)12-9-5-2-6-10-12;1-3-7-12-10(5-1)9-11-6-2-4-8-13(11)12;1-6-4-2-3-5-6;/h11-12H,1-10H2;1-5,7-8H,9H2;2-5H,1H3;/q;2*-1;+2. The van der Waals surface area contributed by atoms with Gasteiger partial charge in [0.25, 0.3) is 0 Å². The van der Waals surface area contributed by atoms with Crippen molar-refractivity contribution < 1.29 is 26.2 Å². The van der Waals surface area contributed by atoms with Gasteiger partial charge in [0.2, 0.25) is 0 Å². The van der Waals surface area contributed by atoms with Gasteiger partial charge in [0.15, 0.2) is 0 Å². The van der Waals surface area contributed by atoms with Crippen LogP contribution in [-0.4, -0.2) is 4.33 Å². The average Bonchev–Trinajstić information content (AvgIpc) is 3.52. The summed E-state index contributed by atoms with van der Waals surface area (Å²) in [4.78, 5) is 0. The van der Waals surface area contributed by atoms with Crippen LogP contribution >= 0.6 is 23.2 Å². The smallest absolute Gasteiger partial charge is 0.213 e. The van der Waals surface area contributed by atoms with Crippen molar-refractivity contribution >= 4 is 23.2 Å². The van der Waals surface area contributed by atoms with Crippen LogP contribution in [0.3, 0.4) is 0 Å². The largest absolute Gasteiger partial charge is 2.00 e. The summed E-state index contributed by atoms with van der Waals surface area (Å²) in [6, 6.07) is 26.3. The molecule has 3 aliphatic carbocycles. The van der Waals surface area contributed by atoms with Gasteiger partial charge in [0.1, 0.15) is 4.33 Å². The predicted molar refractivity (Wildman–Crippen MR) is 148 cm³/mol. The van der Waals surface area contributed by atoms with Gasteiger partial charge in [-0.3, -0.25) is 0 Å². The van der Waals surface area contributed by atoms with Crippen molar-refractivity contribution in [2.24, 2.45) is 11.8 Å². The van der Waals surface area contributed by atoms with Crippen LogP contribution in [0.2, 0.25) is 0 Å². The molecule has 0 atom stereocenters. The second-order valence-corrected chi connectivity index (χ2v) is 11.6. The molecule has 3 heteroatoms. The molecule has 0 spiro atoms. The first kappa shape index (κ1) is 28.8. The summed E-state index contributed by atoms with van der Waals surface area (Å²) in [5.74, 6) is 1.13. The average molecular weight is 585 g/mol. The third-order valence-electron chi connectivity index (χ3n) is 7.74. The van der Waals surface area contributed by atoms with Gasteiger partial charge in [-0.15, -0.1) is 28.8 Å². The minimum Gasteiger partial charge on any atom is -0.213 e. The molecule has 0 aliphatic heterocycles. The van der Waals surface area contributed by atoms with Gasteiger partial charge in [0, 0.05) is 0 Å². The van der Waals surface area contributed by atoms with Crippen LogP contribution in [0.25, 0.3) is 11.1 Å². The first-order chi connectivity index (χ1) is 16.6. The van der Waals surface area contributed by atoms with E-state index < -0.39 is 4.33 Å². The zero-order chi connectivity index (χ0) is 23.8. The first-order valence-corrected chi connectivity index (χ1v) is 14.0. The molecule has 3 aromatic rings. The summed E-state index contributed by atoms with van der Waals surface area (Å²) in [7, 11) is 0. The number of rotatable bonds is 2. The molecule has 0 unspecified atom stereocenters. The van der Waals surface area contributed by atoms with Gasteiger partial charge in [-0.05, 0) is 43.9 Å². The molecule has 2 saturated carbocycles. The van der Waals surface area contributed by atoms with E-state index in [4.69, 9.17) is 23.2 Å². The van der Waals surface area contributed by atoms with Crippen molar-refractivity contribution in [3.05, 3.63) is 89.5 Å². The maximum Gasteiger partial charge on any atom is 2.00 e. The molecule has 0 heterocycles. The molecular weight excluding hydrogens is 546 g/mol. The Morgan fingerprint density at radius 3 is 1.91 bits per heavy atom. The SMILES string of the molecule is Cc1ccc[cH-]1.ClC(Cl)(C1CCCCC1)C1CCCCC1.[Zr+2].[c-]1cccc2c1Cc1ccccc1-2. The Bertz CT molecular complexity index is 932. The van der Waals surface area contributed by atoms with E-state index in [1.807, 2.05) is 18.2 Å². The quantitative estimate of drug-likeness (QED) is 0.162. The Balaban J connectivity index is 0.000000156. The van der Waals surface area contributed by atoms with E-state index in [-0.39, 0.29) is 26.2 Å². The van der Waals surface area contributed by atoms with Crippen LogP contribution in [0.1, 0.15) is 80.9 Å². The number of hydrogen-bond acceptors (Lipinski definition) is 0. The van der Waals surface area contributed by atoms with Crippen molar-refractivity contribution in [1.29, 1.82) is 0 Å². The summed E-state index contributed by atoms with van der Waals surface area (Å²) >= 11 is 13.3. The van der Waals surface area contributed by atoms with Gasteiger partial charge < -0.3 is 0 Å². The molecule has 3 aliphatic rings. The van der Waals surface area contributed by atoms with Gasteiger partial charge in [-0.1, -0.05) is 80.8 Å². The summed E-state index contributed by atoms with van der Waals surface area (Å²) < 4.78 is -0.416. The van der Waals surface area contributed by atoms with Crippen LogP contribution in [0.5, 0.6) is 0 Å².